The van der Waals surface area contributed by atoms with Crippen molar-refractivity contribution in [2.45, 2.75) is 0 Å². The summed E-state index contributed by atoms with van der Waals surface area (Å²) in [5, 5.41) is 9.33. The van der Waals surface area contributed by atoms with Crippen molar-refractivity contribution in [3.63, 3.8) is 0 Å². The molecule has 1 aromatic carbocycles. The molecule has 5 nitrogen and oxygen atoms in total. The zero-order chi connectivity index (χ0) is 17.2. The Labute approximate surface area is 156 Å². The van der Waals surface area contributed by atoms with Crippen LogP contribution in [0.15, 0.2) is 36.0 Å². The van der Waals surface area contributed by atoms with Gasteiger partial charge < -0.3 is 9.64 Å². The van der Waals surface area contributed by atoms with Gasteiger partial charge in [-0.1, -0.05) is 23.2 Å². The predicted molar refractivity (Wildman–Crippen MR) is 101 cm³/mol. The highest BCUT2D eigenvalue weighted by molar-refractivity contribution is 6.36. The van der Waals surface area contributed by atoms with Gasteiger partial charge in [-0.25, -0.2) is 0 Å². The van der Waals surface area contributed by atoms with Crippen LogP contribution in [0.3, 0.4) is 0 Å². The maximum Gasteiger partial charge on any atom is 0.151 e. The van der Waals surface area contributed by atoms with Gasteiger partial charge in [0.2, 0.25) is 0 Å². The Kier molecular flexibility index (Phi) is 4.79. The summed E-state index contributed by atoms with van der Waals surface area (Å²) in [5.41, 5.74) is 2.19. The summed E-state index contributed by atoms with van der Waals surface area (Å²) in [6.45, 7) is 5.31. The molecule has 0 N–H and O–H groups in total. The minimum Gasteiger partial charge on any atom is -0.487 e. The summed E-state index contributed by atoms with van der Waals surface area (Å²) in [4.78, 5) is 4.70. The lowest BCUT2D eigenvalue weighted by atomic mass is 10.1. The van der Waals surface area contributed by atoms with Gasteiger partial charge >= 0.3 is 0 Å². The largest absolute Gasteiger partial charge is 0.487 e. The third-order valence-electron chi connectivity index (χ3n) is 4.48. The monoisotopic (exact) mass is 376 g/mol. The van der Waals surface area contributed by atoms with E-state index in [-0.39, 0.29) is 0 Å². The zero-order valence-corrected chi connectivity index (χ0v) is 15.2. The lowest BCUT2D eigenvalue weighted by Crippen LogP contribution is -2.47. The number of ether oxygens (including phenoxy) is 1. The molecule has 0 aliphatic carbocycles. The first-order valence-corrected chi connectivity index (χ1v) is 9.01. The Hall–Kier alpha value is -1.82. The summed E-state index contributed by atoms with van der Waals surface area (Å²) >= 11 is 12.3. The highest BCUT2D eigenvalue weighted by Gasteiger charge is 2.21. The molecule has 4 rings (SSSR count). The van der Waals surface area contributed by atoms with E-state index in [9.17, 15) is 0 Å². The zero-order valence-electron chi connectivity index (χ0n) is 13.7. The number of fused-ring (bicyclic) bond motifs is 1. The minimum atomic E-state index is 0.565. The van der Waals surface area contributed by atoms with Gasteiger partial charge in [-0.05, 0) is 35.9 Å². The van der Waals surface area contributed by atoms with E-state index in [1.165, 1.54) is 5.57 Å². The molecule has 1 aromatic heterocycles. The Morgan fingerprint density at radius 2 is 1.96 bits per heavy atom. The molecule has 1 saturated heterocycles. The molecule has 2 aromatic rings. The molecule has 0 bridgehead atoms. The lowest BCUT2D eigenvalue weighted by molar-refractivity contribution is 0.259. The van der Waals surface area contributed by atoms with Crippen molar-refractivity contribution in [1.29, 1.82) is 0 Å². The number of nitrogens with zero attached hydrogens (tertiary/aromatic N) is 4. The van der Waals surface area contributed by atoms with E-state index in [4.69, 9.17) is 27.9 Å². The minimum absolute atomic E-state index is 0.565. The molecule has 0 spiro atoms. The molecule has 3 heterocycles. The maximum atomic E-state index is 6.20. The van der Waals surface area contributed by atoms with Gasteiger partial charge in [0.1, 0.15) is 12.4 Å². The fraction of sp³-hybridized carbons (Fsp3) is 0.333. The van der Waals surface area contributed by atoms with Crippen LogP contribution in [0.1, 0.15) is 5.56 Å². The molecule has 25 heavy (non-hydrogen) atoms. The van der Waals surface area contributed by atoms with Crippen LogP contribution in [0.5, 0.6) is 5.75 Å². The van der Waals surface area contributed by atoms with E-state index >= 15 is 0 Å². The van der Waals surface area contributed by atoms with E-state index in [2.05, 4.69) is 26.1 Å². The van der Waals surface area contributed by atoms with Gasteiger partial charge in [0, 0.05) is 49.5 Å². The van der Waals surface area contributed by atoms with E-state index < -0.39 is 0 Å². The molecule has 0 unspecified atom stereocenters. The molecule has 0 amide bonds. The highest BCUT2D eigenvalue weighted by Crippen LogP contribution is 2.36. The Morgan fingerprint density at radius 3 is 2.72 bits per heavy atom. The number of aromatic nitrogens is 2. The van der Waals surface area contributed by atoms with Crippen LogP contribution in [0.2, 0.25) is 10.0 Å². The first kappa shape index (κ1) is 16.6. The number of halogens is 2. The van der Waals surface area contributed by atoms with Crippen molar-refractivity contribution in [1.82, 2.24) is 15.1 Å². The molecule has 2 aliphatic rings. The maximum absolute atomic E-state index is 6.20. The van der Waals surface area contributed by atoms with Crippen LogP contribution < -0.4 is 9.64 Å². The van der Waals surface area contributed by atoms with E-state index in [0.717, 1.165) is 49.9 Å². The van der Waals surface area contributed by atoms with Crippen LogP contribution >= 0.6 is 23.2 Å². The smallest absolute Gasteiger partial charge is 0.151 e. The number of hydrogen-bond acceptors (Lipinski definition) is 5. The molecule has 0 saturated carbocycles. The number of hydrogen-bond donors (Lipinski definition) is 0. The van der Waals surface area contributed by atoms with Crippen molar-refractivity contribution in [3.05, 3.63) is 51.6 Å². The van der Waals surface area contributed by atoms with Crippen molar-refractivity contribution < 1.29 is 4.74 Å². The van der Waals surface area contributed by atoms with Gasteiger partial charge in [-0.3, -0.25) is 4.90 Å². The van der Waals surface area contributed by atoms with Gasteiger partial charge in [0.15, 0.2) is 5.82 Å². The Bertz CT molecular complexity index is 789. The summed E-state index contributed by atoms with van der Waals surface area (Å²) in [6, 6.07) is 7.54. The normalized spacial score (nSPS) is 17.7. The summed E-state index contributed by atoms with van der Waals surface area (Å²) in [7, 11) is 0. The average Bonchev–Trinajstić information content (AvgIpc) is 2.63. The van der Waals surface area contributed by atoms with E-state index in [0.29, 0.717) is 16.7 Å². The summed E-state index contributed by atoms with van der Waals surface area (Å²) in [6.07, 6.45) is 3.84. The molecule has 2 aliphatic heterocycles. The molecule has 0 atom stereocenters. The summed E-state index contributed by atoms with van der Waals surface area (Å²) < 4.78 is 5.84. The second-order valence-corrected chi connectivity index (χ2v) is 7.09. The number of benzene rings is 1. The molecule has 1 fully saturated rings. The predicted octanol–water partition coefficient (Wildman–Crippen LogP) is 3.38. The van der Waals surface area contributed by atoms with Crippen LogP contribution in [0, 0.1) is 0 Å². The molecular formula is C18H18Cl2N4O. The summed E-state index contributed by atoms with van der Waals surface area (Å²) in [5.74, 6) is 1.67. The topological polar surface area (TPSA) is 41.5 Å². The van der Waals surface area contributed by atoms with Gasteiger partial charge in [-0.15, -0.1) is 5.10 Å². The SMILES string of the molecule is Clc1cc(Cl)c2c(c1)C=C(CN1CCN(c3cccnn3)CC1)CO2. The fourth-order valence-electron chi connectivity index (χ4n) is 3.24. The highest BCUT2D eigenvalue weighted by atomic mass is 35.5. The number of anilines is 1. The van der Waals surface area contributed by atoms with Crippen molar-refractivity contribution >= 4 is 35.1 Å². The van der Waals surface area contributed by atoms with Crippen molar-refractivity contribution in [3.8, 4) is 5.75 Å². The van der Waals surface area contributed by atoms with Crippen LogP contribution in [0.4, 0.5) is 5.82 Å². The van der Waals surface area contributed by atoms with Crippen LogP contribution in [0.25, 0.3) is 6.08 Å². The Morgan fingerprint density at radius 1 is 1.12 bits per heavy atom. The number of piperazine rings is 1. The van der Waals surface area contributed by atoms with Gasteiger partial charge in [0.05, 0.1) is 5.02 Å². The van der Waals surface area contributed by atoms with Crippen molar-refractivity contribution in [2.24, 2.45) is 0 Å². The second-order valence-electron chi connectivity index (χ2n) is 6.24. The number of rotatable bonds is 3. The third kappa shape index (κ3) is 3.73. The molecular weight excluding hydrogens is 359 g/mol. The first-order valence-electron chi connectivity index (χ1n) is 8.25. The average molecular weight is 377 g/mol. The van der Waals surface area contributed by atoms with Gasteiger partial charge in [0.25, 0.3) is 0 Å². The third-order valence-corrected chi connectivity index (χ3v) is 4.98. The molecule has 7 heteroatoms. The molecule has 0 radical (unpaired) electrons. The standard InChI is InChI=1S/C18H18Cl2N4O/c19-15-9-14-8-13(12-25-18(14)16(20)10-15)11-23-4-6-24(7-5-23)17-2-1-3-21-22-17/h1-3,8-10H,4-7,11-12H2. The fourth-order valence-corrected chi connectivity index (χ4v) is 3.81. The van der Waals surface area contributed by atoms with Crippen molar-refractivity contribution in [2.75, 3.05) is 44.2 Å². The van der Waals surface area contributed by atoms with Crippen LogP contribution in [-0.2, 0) is 0 Å². The van der Waals surface area contributed by atoms with Crippen LogP contribution in [-0.4, -0.2) is 54.4 Å². The molecule has 130 valence electrons. The second kappa shape index (κ2) is 7.20. The Balaban J connectivity index is 1.40. The van der Waals surface area contributed by atoms with Gasteiger partial charge in [-0.2, -0.15) is 5.10 Å². The lowest BCUT2D eigenvalue weighted by Gasteiger charge is -2.35. The quantitative estimate of drug-likeness (QED) is 0.821. The van der Waals surface area contributed by atoms with E-state index in [1.807, 2.05) is 18.2 Å². The first-order chi connectivity index (χ1) is 12.2. The van der Waals surface area contributed by atoms with E-state index in [1.54, 1.807) is 12.3 Å².